The molecule has 0 radical (unpaired) electrons. The van der Waals surface area contributed by atoms with Crippen LogP contribution in [0, 0.1) is 0 Å². The largest absolute Gasteiger partial charge is 0.467 e. The standard InChI is InChI=1S/C17H25N3O3/c1-22-16(21)17(23-2)7-5-11(6-8-17)15-14-12(4-3-9-19-14)10-13(18)20-15/h10-11,19H,3-9H2,1-2H3,(H2,18,20). The lowest BCUT2D eigenvalue weighted by Gasteiger charge is -2.37. The predicted molar refractivity (Wildman–Crippen MR) is 88.4 cm³/mol. The van der Waals surface area contributed by atoms with E-state index in [1.807, 2.05) is 6.07 Å². The van der Waals surface area contributed by atoms with Gasteiger partial charge in [0.2, 0.25) is 0 Å². The van der Waals surface area contributed by atoms with Crippen LogP contribution >= 0.6 is 0 Å². The van der Waals surface area contributed by atoms with Crippen LogP contribution < -0.4 is 11.1 Å². The number of methoxy groups -OCH3 is 2. The minimum atomic E-state index is -0.806. The van der Waals surface area contributed by atoms with Crippen LogP contribution in [0.2, 0.25) is 0 Å². The average molecular weight is 319 g/mol. The first-order chi connectivity index (χ1) is 11.1. The van der Waals surface area contributed by atoms with Crippen LogP contribution in [0.5, 0.6) is 0 Å². The number of aromatic nitrogens is 1. The Morgan fingerprint density at radius 3 is 2.78 bits per heavy atom. The number of fused-ring (bicyclic) bond motifs is 1. The van der Waals surface area contributed by atoms with Gasteiger partial charge in [-0.05, 0) is 50.2 Å². The third-order valence-electron chi connectivity index (χ3n) is 5.20. The zero-order valence-corrected chi connectivity index (χ0v) is 13.9. The van der Waals surface area contributed by atoms with Crippen LogP contribution in [0.3, 0.4) is 0 Å². The van der Waals surface area contributed by atoms with E-state index in [0.29, 0.717) is 24.6 Å². The van der Waals surface area contributed by atoms with Crippen molar-refractivity contribution in [3.8, 4) is 0 Å². The molecule has 0 spiro atoms. The molecule has 0 amide bonds. The topological polar surface area (TPSA) is 86.5 Å². The number of nitrogen functional groups attached to an aromatic ring is 1. The fourth-order valence-corrected chi connectivity index (χ4v) is 3.87. The van der Waals surface area contributed by atoms with Crippen LogP contribution in [0.15, 0.2) is 6.07 Å². The van der Waals surface area contributed by atoms with Crippen LogP contribution in [-0.4, -0.2) is 37.3 Å². The minimum Gasteiger partial charge on any atom is -0.467 e. The Morgan fingerprint density at radius 2 is 2.13 bits per heavy atom. The Labute approximate surface area is 136 Å². The van der Waals surface area contributed by atoms with Crippen LogP contribution in [-0.2, 0) is 20.7 Å². The molecule has 3 N–H and O–H groups in total. The smallest absolute Gasteiger partial charge is 0.338 e. The number of esters is 1. The van der Waals surface area contributed by atoms with Gasteiger partial charge in [-0.3, -0.25) is 0 Å². The van der Waals surface area contributed by atoms with Crippen molar-refractivity contribution in [2.75, 3.05) is 31.8 Å². The molecule has 1 fully saturated rings. The summed E-state index contributed by atoms with van der Waals surface area (Å²) in [5.74, 6) is 0.601. The number of pyridine rings is 1. The van der Waals surface area contributed by atoms with Crippen LogP contribution in [0.25, 0.3) is 0 Å². The third-order valence-corrected chi connectivity index (χ3v) is 5.20. The maximum Gasteiger partial charge on any atom is 0.338 e. The van der Waals surface area contributed by atoms with Crippen LogP contribution in [0.4, 0.5) is 11.5 Å². The molecular formula is C17H25N3O3. The van der Waals surface area contributed by atoms with E-state index in [2.05, 4.69) is 10.3 Å². The highest BCUT2D eigenvalue weighted by atomic mass is 16.6. The van der Waals surface area contributed by atoms with Crippen molar-refractivity contribution in [3.05, 3.63) is 17.3 Å². The summed E-state index contributed by atoms with van der Waals surface area (Å²) in [6.07, 6.45) is 5.13. The number of hydrogen-bond acceptors (Lipinski definition) is 6. The first-order valence-corrected chi connectivity index (χ1v) is 8.26. The van der Waals surface area contributed by atoms with E-state index in [-0.39, 0.29) is 5.97 Å². The van der Waals surface area contributed by atoms with Gasteiger partial charge in [-0.2, -0.15) is 0 Å². The third kappa shape index (κ3) is 2.87. The van der Waals surface area contributed by atoms with E-state index in [0.717, 1.165) is 43.6 Å². The number of anilines is 2. The molecule has 0 atom stereocenters. The lowest BCUT2D eigenvalue weighted by molar-refractivity contribution is -0.170. The molecule has 6 heteroatoms. The highest BCUT2D eigenvalue weighted by Gasteiger charge is 2.44. The Morgan fingerprint density at radius 1 is 1.39 bits per heavy atom. The lowest BCUT2D eigenvalue weighted by atomic mass is 9.76. The van der Waals surface area contributed by atoms with E-state index in [1.54, 1.807) is 7.11 Å². The van der Waals surface area contributed by atoms with Crippen molar-refractivity contribution in [2.45, 2.75) is 50.0 Å². The summed E-state index contributed by atoms with van der Waals surface area (Å²) in [7, 11) is 2.99. The van der Waals surface area contributed by atoms with E-state index < -0.39 is 5.60 Å². The zero-order valence-electron chi connectivity index (χ0n) is 13.9. The number of carbonyl (C=O) groups is 1. The second-order valence-corrected chi connectivity index (χ2v) is 6.46. The number of aryl methyl sites for hydroxylation is 1. The second kappa shape index (κ2) is 6.35. The van der Waals surface area contributed by atoms with Gasteiger partial charge in [0.05, 0.1) is 18.5 Å². The molecule has 1 aromatic rings. The number of hydrogen-bond donors (Lipinski definition) is 2. The summed E-state index contributed by atoms with van der Waals surface area (Å²) in [5.41, 5.74) is 8.66. The number of nitrogens with one attached hydrogen (secondary N) is 1. The Bertz CT molecular complexity index is 595. The average Bonchev–Trinajstić information content (AvgIpc) is 2.60. The Kier molecular flexibility index (Phi) is 4.43. The maximum atomic E-state index is 12.1. The van der Waals surface area contributed by atoms with Crippen molar-refractivity contribution in [2.24, 2.45) is 0 Å². The molecule has 0 bridgehead atoms. The summed E-state index contributed by atoms with van der Waals surface area (Å²) < 4.78 is 10.4. The highest BCUT2D eigenvalue weighted by Crippen LogP contribution is 2.43. The van der Waals surface area contributed by atoms with E-state index in [4.69, 9.17) is 15.2 Å². The molecule has 1 aromatic heterocycles. The van der Waals surface area contributed by atoms with Gasteiger partial charge in [0.15, 0.2) is 5.60 Å². The van der Waals surface area contributed by atoms with Crippen LogP contribution in [0.1, 0.15) is 49.3 Å². The monoisotopic (exact) mass is 319 g/mol. The molecule has 6 nitrogen and oxygen atoms in total. The molecule has 2 aliphatic rings. The van der Waals surface area contributed by atoms with E-state index in [1.165, 1.54) is 12.7 Å². The van der Waals surface area contributed by atoms with Gasteiger partial charge in [0, 0.05) is 19.6 Å². The Balaban J connectivity index is 1.83. The van der Waals surface area contributed by atoms with E-state index >= 15 is 0 Å². The van der Waals surface area contributed by atoms with Gasteiger partial charge in [-0.25, -0.2) is 9.78 Å². The summed E-state index contributed by atoms with van der Waals surface area (Å²) in [6.45, 7) is 0.975. The van der Waals surface area contributed by atoms with Gasteiger partial charge in [-0.1, -0.05) is 0 Å². The highest BCUT2D eigenvalue weighted by molar-refractivity contribution is 5.79. The molecular weight excluding hydrogens is 294 g/mol. The van der Waals surface area contributed by atoms with Crippen molar-refractivity contribution in [3.63, 3.8) is 0 Å². The normalized spacial score (nSPS) is 27.0. The maximum absolute atomic E-state index is 12.1. The first kappa shape index (κ1) is 16.1. The fraction of sp³-hybridized carbons (Fsp3) is 0.647. The molecule has 1 saturated carbocycles. The molecule has 126 valence electrons. The summed E-state index contributed by atoms with van der Waals surface area (Å²) in [4.78, 5) is 16.7. The Hall–Kier alpha value is -1.82. The van der Waals surface area contributed by atoms with Crippen molar-refractivity contribution in [1.82, 2.24) is 4.98 Å². The predicted octanol–water partition coefficient (Wildman–Crippen LogP) is 2.24. The second-order valence-electron chi connectivity index (χ2n) is 6.46. The molecule has 2 heterocycles. The number of nitrogens with zero attached hydrogens (tertiary/aromatic N) is 1. The van der Waals surface area contributed by atoms with Gasteiger partial charge in [0.1, 0.15) is 5.82 Å². The van der Waals surface area contributed by atoms with Crippen molar-refractivity contribution >= 4 is 17.5 Å². The summed E-state index contributed by atoms with van der Waals surface area (Å²) >= 11 is 0. The van der Waals surface area contributed by atoms with Crippen molar-refractivity contribution in [1.29, 1.82) is 0 Å². The SMILES string of the molecule is COC(=O)C1(OC)CCC(c2nc(N)cc3c2NCCC3)CC1. The molecule has 1 aliphatic heterocycles. The first-order valence-electron chi connectivity index (χ1n) is 8.26. The summed E-state index contributed by atoms with van der Waals surface area (Å²) in [6, 6.07) is 1.97. The molecule has 23 heavy (non-hydrogen) atoms. The van der Waals surface area contributed by atoms with Gasteiger partial charge >= 0.3 is 5.97 Å². The van der Waals surface area contributed by atoms with E-state index in [9.17, 15) is 4.79 Å². The van der Waals surface area contributed by atoms with Gasteiger partial charge < -0.3 is 20.5 Å². The molecule has 0 aromatic carbocycles. The number of rotatable bonds is 3. The molecule has 0 unspecified atom stereocenters. The molecule has 1 aliphatic carbocycles. The lowest BCUT2D eigenvalue weighted by Crippen LogP contribution is -2.44. The fourth-order valence-electron chi connectivity index (χ4n) is 3.87. The van der Waals surface area contributed by atoms with Gasteiger partial charge in [-0.15, -0.1) is 0 Å². The molecule has 3 rings (SSSR count). The van der Waals surface area contributed by atoms with Gasteiger partial charge in [0.25, 0.3) is 0 Å². The summed E-state index contributed by atoms with van der Waals surface area (Å²) in [5, 5.41) is 3.48. The molecule has 0 saturated heterocycles. The zero-order chi connectivity index (χ0) is 16.4. The quantitative estimate of drug-likeness (QED) is 0.831. The minimum absolute atomic E-state index is 0.279. The number of ether oxygens (including phenoxy) is 2. The number of carbonyl (C=O) groups excluding carboxylic acids is 1. The van der Waals surface area contributed by atoms with Crippen molar-refractivity contribution < 1.29 is 14.3 Å². The number of nitrogens with two attached hydrogens (primary N) is 1.